The highest BCUT2D eigenvalue weighted by atomic mass is 32.1. The van der Waals surface area contributed by atoms with E-state index in [1.54, 1.807) is 41.1 Å². The Morgan fingerprint density at radius 1 is 0.818 bits per heavy atom. The summed E-state index contributed by atoms with van der Waals surface area (Å²) in [5.74, 6) is 0.614. The van der Waals surface area contributed by atoms with E-state index in [1.807, 2.05) is 36.1 Å². The zero-order valence-corrected chi connectivity index (χ0v) is 12.9. The Morgan fingerprint density at radius 3 is 2.50 bits per heavy atom. The molecule has 0 saturated heterocycles. The third-order valence-corrected chi connectivity index (χ3v) is 4.93. The topological polar surface area (TPSA) is 64.5 Å². The molecule has 22 heavy (non-hydrogen) atoms. The van der Waals surface area contributed by atoms with Gasteiger partial charge in [-0.15, -0.1) is 22.7 Å². The standard InChI is InChI=1S/C15H9N5S2/c1-3-10(14-17-5-2-6-18-14)20-11(4-1)15-19-8-13(22-15)12-7-16-9-21-12/h1-9H. The van der Waals surface area contributed by atoms with Crippen molar-refractivity contribution in [2.24, 2.45) is 0 Å². The van der Waals surface area contributed by atoms with Crippen LogP contribution in [-0.4, -0.2) is 24.9 Å². The van der Waals surface area contributed by atoms with E-state index >= 15 is 0 Å². The van der Waals surface area contributed by atoms with Gasteiger partial charge in [0.1, 0.15) is 10.7 Å². The molecular weight excluding hydrogens is 314 g/mol. The molecule has 106 valence electrons. The second kappa shape index (κ2) is 5.70. The van der Waals surface area contributed by atoms with Crippen LogP contribution in [0.2, 0.25) is 0 Å². The highest BCUT2D eigenvalue weighted by Gasteiger charge is 2.10. The Hall–Kier alpha value is -2.51. The normalized spacial score (nSPS) is 10.7. The molecular formula is C15H9N5S2. The Morgan fingerprint density at radius 2 is 1.68 bits per heavy atom. The van der Waals surface area contributed by atoms with Crippen molar-refractivity contribution in [3.05, 3.63) is 54.6 Å². The first-order chi connectivity index (χ1) is 10.9. The fourth-order valence-electron chi connectivity index (χ4n) is 1.95. The molecule has 0 unspecified atom stereocenters. The molecule has 0 atom stereocenters. The fourth-order valence-corrected chi connectivity index (χ4v) is 3.54. The molecule has 0 saturated carbocycles. The summed E-state index contributed by atoms with van der Waals surface area (Å²) in [7, 11) is 0. The largest absolute Gasteiger partial charge is 0.252 e. The van der Waals surface area contributed by atoms with Crippen LogP contribution in [0.15, 0.2) is 54.6 Å². The molecule has 4 aromatic rings. The first kappa shape index (κ1) is 13.2. The minimum absolute atomic E-state index is 0.614. The predicted octanol–water partition coefficient (Wildman–Crippen LogP) is 3.79. The minimum atomic E-state index is 0.614. The van der Waals surface area contributed by atoms with E-state index in [9.17, 15) is 0 Å². The molecule has 4 rings (SSSR count). The summed E-state index contributed by atoms with van der Waals surface area (Å²) < 4.78 is 0. The van der Waals surface area contributed by atoms with E-state index in [0.29, 0.717) is 5.82 Å². The smallest absolute Gasteiger partial charge is 0.178 e. The molecule has 4 aromatic heterocycles. The number of nitrogens with zero attached hydrogens (tertiary/aromatic N) is 5. The van der Waals surface area contributed by atoms with Crippen molar-refractivity contribution in [2.75, 3.05) is 0 Å². The Labute approximate surface area is 134 Å². The maximum absolute atomic E-state index is 4.62. The van der Waals surface area contributed by atoms with Gasteiger partial charge in [0, 0.05) is 24.8 Å². The van der Waals surface area contributed by atoms with E-state index in [-0.39, 0.29) is 0 Å². The molecule has 0 aliphatic heterocycles. The molecule has 7 heteroatoms. The molecule has 0 aliphatic rings. The van der Waals surface area contributed by atoms with Crippen LogP contribution in [0.25, 0.3) is 32.0 Å². The molecule has 0 fully saturated rings. The van der Waals surface area contributed by atoms with Gasteiger partial charge in [-0.25, -0.2) is 19.9 Å². The predicted molar refractivity (Wildman–Crippen MR) is 87.5 cm³/mol. The second-order valence-corrected chi connectivity index (χ2v) is 6.29. The highest BCUT2D eigenvalue weighted by molar-refractivity contribution is 7.22. The third-order valence-electron chi connectivity index (χ3n) is 2.94. The van der Waals surface area contributed by atoms with Crippen LogP contribution < -0.4 is 0 Å². The molecule has 0 aromatic carbocycles. The van der Waals surface area contributed by atoms with Crippen molar-refractivity contribution in [3.63, 3.8) is 0 Å². The summed E-state index contributed by atoms with van der Waals surface area (Å²) in [4.78, 5) is 23.9. The van der Waals surface area contributed by atoms with Crippen molar-refractivity contribution < 1.29 is 0 Å². The van der Waals surface area contributed by atoms with Crippen LogP contribution >= 0.6 is 22.7 Å². The van der Waals surface area contributed by atoms with Crippen molar-refractivity contribution in [1.29, 1.82) is 0 Å². The van der Waals surface area contributed by atoms with Gasteiger partial charge in [0.25, 0.3) is 0 Å². The van der Waals surface area contributed by atoms with Crippen LogP contribution in [0.4, 0.5) is 0 Å². The lowest BCUT2D eigenvalue weighted by atomic mass is 10.3. The third kappa shape index (κ3) is 2.51. The second-order valence-electron chi connectivity index (χ2n) is 4.38. The van der Waals surface area contributed by atoms with Gasteiger partial charge in [-0.3, -0.25) is 4.98 Å². The molecule has 0 N–H and O–H groups in total. The summed E-state index contributed by atoms with van der Waals surface area (Å²) in [6.45, 7) is 0. The molecule has 0 amide bonds. The summed E-state index contributed by atoms with van der Waals surface area (Å²) in [5.41, 5.74) is 3.39. The molecule has 0 spiro atoms. The first-order valence-corrected chi connectivity index (χ1v) is 8.19. The van der Waals surface area contributed by atoms with E-state index in [2.05, 4.69) is 24.9 Å². The maximum Gasteiger partial charge on any atom is 0.178 e. The maximum atomic E-state index is 4.62. The van der Waals surface area contributed by atoms with Crippen LogP contribution in [0, 0.1) is 0 Å². The SMILES string of the molecule is c1cnc(-c2cccc(-c3ncc(-c4cncs4)s3)n2)nc1. The van der Waals surface area contributed by atoms with Crippen LogP contribution in [-0.2, 0) is 0 Å². The number of hydrogen-bond acceptors (Lipinski definition) is 7. The lowest BCUT2D eigenvalue weighted by Crippen LogP contribution is -1.91. The minimum Gasteiger partial charge on any atom is -0.252 e. The molecule has 0 bridgehead atoms. The summed E-state index contributed by atoms with van der Waals surface area (Å²) in [5, 5.41) is 0.876. The van der Waals surface area contributed by atoms with Crippen molar-refractivity contribution in [2.45, 2.75) is 0 Å². The molecule has 5 nitrogen and oxygen atoms in total. The lowest BCUT2D eigenvalue weighted by Gasteiger charge is -2.00. The summed E-state index contributed by atoms with van der Waals surface area (Å²) >= 11 is 3.21. The van der Waals surface area contributed by atoms with Gasteiger partial charge in [0.05, 0.1) is 21.0 Å². The quantitative estimate of drug-likeness (QED) is 0.574. The monoisotopic (exact) mass is 323 g/mol. The summed E-state index contributed by atoms with van der Waals surface area (Å²) in [6.07, 6.45) is 7.13. The molecule has 0 aliphatic carbocycles. The van der Waals surface area contributed by atoms with Gasteiger partial charge >= 0.3 is 0 Å². The van der Waals surface area contributed by atoms with Gasteiger partial charge in [-0.05, 0) is 18.2 Å². The van der Waals surface area contributed by atoms with E-state index in [1.165, 1.54) is 0 Å². The fraction of sp³-hybridized carbons (Fsp3) is 0. The number of pyridine rings is 1. The number of rotatable bonds is 3. The number of hydrogen-bond donors (Lipinski definition) is 0. The van der Waals surface area contributed by atoms with E-state index < -0.39 is 0 Å². The van der Waals surface area contributed by atoms with Gasteiger partial charge in [-0.2, -0.15) is 0 Å². The number of aromatic nitrogens is 5. The van der Waals surface area contributed by atoms with E-state index in [4.69, 9.17) is 0 Å². The van der Waals surface area contributed by atoms with Gasteiger partial charge in [-0.1, -0.05) is 6.07 Å². The highest BCUT2D eigenvalue weighted by Crippen LogP contribution is 2.33. The van der Waals surface area contributed by atoms with Crippen molar-refractivity contribution in [3.8, 4) is 32.0 Å². The van der Waals surface area contributed by atoms with Crippen molar-refractivity contribution >= 4 is 22.7 Å². The first-order valence-electron chi connectivity index (χ1n) is 6.50. The lowest BCUT2D eigenvalue weighted by molar-refractivity contribution is 1.14. The Balaban J connectivity index is 1.72. The van der Waals surface area contributed by atoms with Crippen molar-refractivity contribution in [1.82, 2.24) is 24.9 Å². The summed E-state index contributed by atoms with van der Waals surface area (Å²) in [6, 6.07) is 7.58. The van der Waals surface area contributed by atoms with E-state index in [0.717, 1.165) is 26.1 Å². The van der Waals surface area contributed by atoms with Gasteiger partial charge in [0.2, 0.25) is 0 Å². The average Bonchev–Trinajstić information content (AvgIpc) is 3.27. The van der Waals surface area contributed by atoms with Crippen LogP contribution in [0.1, 0.15) is 0 Å². The Kier molecular flexibility index (Phi) is 3.42. The van der Waals surface area contributed by atoms with Crippen LogP contribution in [0.3, 0.4) is 0 Å². The number of thiazole rings is 2. The van der Waals surface area contributed by atoms with Gasteiger partial charge < -0.3 is 0 Å². The Bertz CT molecular complexity index is 887. The van der Waals surface area contributed by atoms with Crippen LogP contribution in [0.5, 0.6) is 0 Å². The average molecular weight is 323 g/mol. The molecule has 4 heterocycles. The molecule has 0 radical (unpaired) electrons. The zero-order valence-electron chi connectivity index (χ0n) is 11.2. The zero-order chi connectivity index (χ0) is 14.8. The van der Waals surface area contributed by atoms with Gasteiger partial charge in [0.15, 0.2) is 5.82 Å².